The summed E-state index contributed by atoms with van der Waals surface area (Å²) >= 11 is 1.63. The zero-order valence-electron chi connectivity index (χ0n) is 10.1. The second-order valence-electron chi connectivity index (χ2n) is 3.82. The first kappa shape index (κ1) is 11.9. The summed E-state index contributed by atoms with van der Waals surface area (Å²) in [4.78, 5) is 14.0. The number of benzene rings is 1. The fraction of sp³-hybridized carbons (Fsp3) is 0.214. The Bertz CT molecular complexity index is 541. The average Bonchev–Trinajstić information content (AvgIpc) is 2.64. The van der Waals surface area contributed by atoms with E-state index in [1.54, 1.807) is 11.3 Å². The van der Waals surface area contributed by atoms with Crippen molar-refractivity contribution in [1.29, 1.82) is 0 Å². The van der Waals surface area contributed by atoms with Crippen molar-refractivity contribution in [2.24, 2.45) is 0 Å². The number of carbonyl (C=O) groups excluding carboxylic acids is 1. The predicted molar refractivity (Wildman–Crippen MR) is 70.6 cm³/mol. The Morgan fingerprint density at radius 2 is 1.76 bits per heavy atom. The first-order chi connectivity index (χ1) is 8.15. The maximum atomic E-state index is 11.8. The zero-order chi connectivity index (χ0) is 12.4. The fourth-order valence-electron chi connectivity index (χ4n) is 1.98. The highest BCUT2D eigenvalue weighted by Crippen LogP contribution is 2.36. The molecule has 3 heteroatoms. The van der Waals surface area contributed by atoms with Gasteiger partial charge in [-0.3, -0.25) is 0 Å². The smallest absolute Gasteiger partial charge is 0.339 e. The van der Waals surface area contributed by atoms with Gasteiger partial charge in [0.25, 0.3) is 0 Å². The van der Waals surface area contributed by atoms with Crippen LogP contribution in [0.4, 0.5) is 0 Å². The molecule has 2 nitrogen and oxygen atoms in total. The SMILES string of the molecule is COC(=O)c1c(C)sc(C)c1-c1ccccc1. The average molecular weight is 246 g/mol. The number of thiophene rings is 1. The molecule has 88 valence electrons. The number of carbonyl (C=O) groups is 1. The first-order valence-corrected chi connectivity index (χ1v) is 6.20. The summed E-state index contributed by atoms with van der Waals surface area (Å²) in [5, 5.41) is 0. The molecule has 0 aliphatic heterocycles. The van der Waals surface area contributed by atoms with Crippen molar-refractivity contribution < 1.29 is 9.53 Å². The van der Waals surface area contributed by atoms with Crippen LogP contribution < -0.4 is 0 Å². The van der Waals surface area contributed by atoms with Gasteiger partial charge in [0.2, 0.25) is 0 Å². The van der Waals surface area contributed by atoms with E-state index in [9.17, 15) is 4.79 Å². The molecular weight excluding hydrogens is 232 g/mol. The maximum Gasteiger partial charge on any atom is 0.339 e. The highest BCUT2D eigenvalue weighted by molar-refractivity contribution is 7.12. The molecule has 1 aromatic heterocycles. The van der Waals surface area contributed by atoms with E-state index in [0.717, 1.165) is 20.9 Å². The third kappa shape index (κ3) is 2.11. The van der Waals surface area contributed by atoms with Gasteiger partial charge in [0.05, 0.1) is 12.7 Å². The molecule has 1 heterocycles. The molecule has 0 saturated heterocycles. The summed E-state index contributed by atoms with van der Waals surface area (Å²) < 4.78 is 4.86. The number of rotatable bonds is 2. The summed E-state index contributed by atoms with van der Waals surface area (Å²) in [6.07, 6.45) is 0. The molecule has 17 heavy (non-hydrogen) atoms. The Hall–Kier alpha value is -1.61. The van der Waals surface area contributed by atoms with Crippen molar-refractivity contribution in [3.05, 3.63) is 45.6 Å². The van der Waals surface area contributed by atoms with Crippen LogP contribution in [0.25, 0.3) is 11.1 Å². The number of aryl methyl sites for hydroxylation is 2. The summed E-state index contributed by atoms with van der Waals surface area (Å²) in [6.45, 7) is 3.99. The van der Waals surface area contributed by atoms with Gasteiger partial charge in [-0.05, 0) is 19.4 Å². The quantitative estimate of drug-likeness (QED) is 0.753. The summed E-state index contributed by atoms with van der Waals surface area (Å²) in [7, 11) is 1.42. The van der Waals surface area contributed by atoms with Crippen LogP contribution in [0.5, 0.6) is 0 Å². The molecule has 0 aliphatic rings. The lowest BCUT2D eigenvalue weighted by atomic mass is 10.0. The largest absolute Gasteiger partial charge is 0.465 e. The highest BCUT2D eigenvalue weighted by atomic mass is 32.1. The molecule has 0 amide bonds. The molecule has 0 bridgehead atoms. The first-order valence-electron chi connectivity index (χ1n) is 5.39. The molecule has 2 aromatic rings. The lowest BCUT2D eigenvalue weighted by Gasteiger charge is -2.05. The van der Waals surface area contributed by atoms with Gasteiger partial charge < -0.3 is 4.74 Å². The van der Waals surface area contributed by atoms with E-state index in [2.05, 4.69) is 0 Å². The predicted octanol–water partition coefficient (Wildman–Crippen LogP) is 3.82. The third-order valence-corrected chi connectivity index (χ3v) is 3.73. The van der Waals surface area contributed by atoms with E-state index < -0.39 is 0 Å². The van der Waals surface area contributed by atoms with Gasteiger partial charge in [0.15, 0.2) is 0 Å². The van der Waals surface area contributed by atoms with Crippen LogP contribution in [0.2, 0.25) is 0 Å². The van der Waals surface area contributed by atoms with E-state index in [0.29, 0.717) is 5.56 Å². The molecule has 0 radical (unpaired) electrons. The van der Waals surface area contributed by atoms with E-state index >= 15 is 0 Å². The second kappa shape index (κ2) is 4.72. The minimum Gasteiger partial charge on any atom is -0.465 e. The number of hydrogen-bond acceptors (Lipinski definition) is 3. The number of hydrogen-bond donors (Lipinski definition) is 0. The van der Waals surface area contributed by atoms with Gasteiger partial charge in [0.1, 0.15) is 0 Å². The number of methoxy groups -OCH3 is 1. The van der Waals surface area contributed by atoms with Crippen molar-refractivity contribution in [3.8, 4) is 11.1 Å². The van der Waals surface area contributed by atoms with Crippen molar-refractivity contribution in [1.82, 2.24) is 0 Å². The molecule has 0 unspecified atom stereocenters. The summed E-state index contributed by atoms with van der Waals surface area (Å²) in [5.74, 6) is -0.259. The van der Waals surface area contributed by atoms with Gasteiger partial charge in [-0.15, -0.1) is 11.3 Å². The molecule has 1 aromatic carbocycles. The van der Waals surface area contributed by atoms with Crippen LogP contribution in [0.15, 0.2) is 30.3 Å². The van der Waals surface area contributed by atoms with Crippen LogP contribution in [-0.2, 0) is 4.74 Å². The normalized spacial score (nSPS) is 10.3. The van der Waals surface area contributed by atoms with Crippen LogP contribution in [0, 0.1) is 13.8 Å². The molecule has 0 fully saturated rings. The number of ether oxygens (including phenoxy) is 1. The van der Waals surface area contributed by atoms with Gasteiger partial charge in [0, 0.05) is 15.3 Å². The molecule has 0 saturated carbocycles. The Labute approximate surface area is 105 Å². The standard InChI is InChI=1S/C14H14O2S/c1-9-12(11-7-5-4-6-8-11)13(10(2)17-9)14(15)16-3/h4-8H,1-3H3. The maximum absolute atomic E-state index is 11.8. The van der Waals surface area contributed by atoms with Gasteiger partial charge in [-0.25, -0.2) is 4.79 Å². The lowest BCUT2D eigenvalue weighted by molar-refractivity contribution is 0.0601. The minimum absolute atomic E-state index is 0.259. The van der Waals surface area contributed by atoms with Crippen LogP contribution in [0.3, 0.4) is 0 Å². The van der Waals surface area contributed by atoms with Crippen LogP contribution >= 0.6 is 11.3 Å². The molecule has 2 rings (SSSR count). The molecule has 0 spiro atoms. The van der Waals surface area contributed by atoms with Crippen molar-refractivity contribution in [3.63, 3.8) is 0 Å². The van der Waals surface area contributed by atoms with Crippen LogP contribution in [-0.4, -0.2) is 13.1 Å². The molecule has 0 atom stereocenters. The fourth-order valence-corrected chi connectivity index (χ4v) is 3.05. The van der Waals surface area contributed by atoms with Crippen molar-refractivity contribution in [2.75, 3.05) is 7.11 Å². The van der Waals surface area contributed by atoms with E-state index in [1.807, 2.05) is 44.2 Å². The summed E-state index contributed by atoms with van der Waals surface area (Å²) in [6, 6.07) is 9.95. The zero-order valence-corrected chi connectivity index (χ0v) is 10.9. The third-order valence-electron chi connectivity index (χ3n) is 2.71. The Morgan fingerprint density at radius 3 is 2.35 bits per heavy atom. The monoisotopic (exact) mass is 246 g/mol. The topological polar surface area (TPSA) is 26.3 Å². The molecular formula is C14H14O2S. The molecule has 0 aliphatic carbocycles. The highest BCUT2D eigenvalue weighted by Gasteiger charge is 2.20. The summed E-state index contributed by atoms with van der Waals surface area (Å²) in [5.41, 5.74) is 2.76. The van der Waals surface area contributed by atoms with Crippen molar-refractivity contribution >= 4 is 17.3 Å². The van der Waals surface area contributed by atoms with E-state index in [1.165, 1.54) is 7.11 Å². The minimum atomic E-state index is -0.259. The second-order valence-corrected chi connectivity index (χ2v) is 5.25. The lowest BCUT2D eigenvalue weighted by Crippen LogP contribution is -2.03. The Balaban J connectivity index is 2.65. The van der Waals surface area contributed by atoms with Gasteiger partial charge in [-0.2, -0.15) is 0 Å². The van der Waals surface area contributed by atoms with Gasteiger partial charge >= 0.3 is 5.97 Å². The van der Waals surface area contributed by atoms with E-state index in [-0.39, 0.29) is 5.97 Å². The molecule has 0 N–H and O–H groups in total. The number of esters is 1. The van der Waals surface area contributed by atoms with Crippen molar-refractivity contribution in [2.45, 2.75) is 13.8 Å². The van der Waals surface area contributed by atoms with Gasteiger partial charge in [-0.1, -0.05) is 30.3 Å². The Morgan fingerprint density at radius 1 is 1.12 bits per heavy atom. The van der Waals surface area contributed by atoms with E-state index in [4.69, 9.17) is 4.74 Å². The van der Waals surface area contributed by atoms with Crippen LogP contribution in [0.1, 0.15) is 20.1 Å². The Kier molecular flexibility index (Phi) is 3.29.